The van der Waals surface area contributed by atoms with Crippen LogP contribution >= 0.6 is 0 Å². The number of aliphatic hydroxyl groups excluding tert-OH is 1. The summed E-state index contributed by atoms with van der Waals surface area (Å²) in [6.07, 6.45) is 0.678. The summed E-state index contributed by atoms with van der Waals surface area (Å²) in [4.78, 5) is 0. The van der Waals surface area contributed by atoms with Gasteiger partial charge in [0, 0.05) is 0 Å². The molecule has 0 bridgehead atoms. The first-order valence-electron chi connectivity index (χ1n) is 4.92. The molecule has 1 nitrogen and oxygen atoms in total. The number of aliphatic hydroxyl groups is 1. The number of hydrogen-bond donors (Lipinski definition) is 1. The van der Waals surface area contributed by atoms with Crippen LogP contribution in [0.15, 0.2) is 30.3 Å². The standard InChI is InChI=1S/C12H18OSe/c1-10(13)9-12(2,3)14-11-7-5-4-6-8-11/h4-8,10,13H,9H2,1-3H3. The van der Waals surface area contributed by atoms with Gasteiger partial charge in [-0.15, -0.1) is 0 Å². The average molecular weight is 257 g/mol. The van der Waals surface area contributed by atoms with Crippen LogP contribution in [0.25, 0.3) is 0 Å². The van der Waals surface area contributed by atoms with E-state index in [0.29, 0.717) is 15.0 Å². The maximum absolute atomic E-state index is 9.38. The average Bonchev–Trinajstić information content (AvgIpc) is 2.02. The Morgan fingerprint density at radius 3 is 2.36 bits per heavy atom. The Kier molecular flexibility index (Phi) is 4.18. The van der Waals surface area contributed by atoms with E-state index in [1.165, 1.54) is 4.46 Å². The fourth-order valence-electron chi connectivity index (χ4n) is 1.56. The molecule has 0 heterocycles. The maximum atomic E-state index is 9.38. The summed E-state index contributed by atoms with van der Waals surface area (Å²) in [7, 11) is 0. The van der Waals surface area contributed by atoms with Gasteiger partial charge in [0.15, 0.2) is 0 Å². The summed E-state index contributed by atoms with van der Waals surface area (Å²) in [5.41, 5.74) is 0. The van der Waals surface area contributed by atoms with Crippen molar-refractivity contribution < 1.29 is 5.11 Å². The zero-order chi connectivity index (χ0) is 10.6. The molecular weight excluding hydrogens is 239 g/mol. The van der Waals surface area contributed by atoms with Crippen LogP contribution in [0.5, 0.6) is 0 Å². The summed E-state index contributed by atoms with van der Waals surface area (Å²) in [5.74, 6) is 0. The quantitative estimate of drug-likeness (QED) is 0.818. The molecule has 1 atom stereocenters. The van der Waals surface area contributed by atoms with E-state index in [0.717, 1.165) is 6.42 Å². The number of rotatable bonds is 4. The van der Waals surface area contributed by atoms with E-state index in [2.05, 4.69) is 38.1 Å². The molecule has 0 aliphatic heterocycles. The van der Waals surface area contributed by atoms with Crippen LogP contribution in [0.3, 0.4) is 0 Å². The zero-order valence-electron chi connectivity index (χ0n) is 9.03. The Hall–Kier alpha value is -0.301. The third-order valence-corrected chi connectivity index (χ3v) is 4.50. The Bertz CT molecular complexity index is 267. The second-order valence-electron chi connectivity index (χ2n) is 4.23. The minimum absolute atomic E-state index is 0.199. The molecule has 2 heteroatoms. The van der Waals surface area contributed by atoms with E-state index in [9.17, 15) is 5.11 Å². The van der Waals surface area contributed by atoms with Crippen LogP contribution in [-0.2, 0) is 0 Å². The van der Waals surface area contributed by atoms with Crippen LogP contribution in [0.1, 0.15) is 27.2 Å². The van der Waals surface area contributed by atoms with Crippen molar-refractivity contribution in [3.8, 4) is 0 Å². The Balaban J connectivity index is 2.59. The molecule has 1 aromatic carbocycles. The van der Waals surface area contributed by atoms with Gasteiger partial charge in [-0.25, -0.2) is 0 Å². The van der Waals surface area contributed by atoms with Crippen molar-refractivity contribution in [1.29, 1.82) is 0 Å². The predicted molar refractivity (Wildman–Crippen MR) is 62.2 cm³/mol. The van der Waals surface area contributed by atoms with Crippen molar-refractivity contribution in [2.45, 2.75) is 37.6 Å². The first kappa shape index (κ1) is 11.8. The monoisotopic (exact) mass is 258 g/mol. The predicted octanol–water partition coefficient (Wildman–Crippen LogP) is 1.99. The SMILES string of the molecule is CC(O)CC(C)(C)[Se]c1ccccc1. The molecule has 1 unspecified atom stereocenters. The van der Waals surface area contributed by atoms with Gasteiger partial charge >= 0.3 is 92.5 Å². The molecule has 0 fully saturated rings. The molecule has 0 amide bonds. The molecule has 1 rings (SSSR count). The molecule has 0 spiro atoms. The second-order valence-corrected chi connectivity index (χ2v) is 7.96. The Morgan fingerprint density at radius 1 is 1.29 bits per heavy atom. The molecule has 0 aliphatic rings. The molecule has 1 aromatic rings. The Labute approximate surface area is 92.7 Å². The molecular formula is C12H18OSe. The van der Waals surface area contributed by atoms with Gasteiger partial charge in [-0.2, -0.15) is 0 Å². The third-order valence-electron chi connectivity index (χ3n) is 1.92. The van der Waals surface area contributed by atoms with Gasteiger partial charge < -0.3 is 0 Å². The van der Waals surface area contributed by atoms with E-state index in [1.54, 1.807) is 0 Å². The molecule has 1 N–H and O–H groups in total. The van der Waals surface area contributed by atoms with Gasteiger partial charge in [0.2, 0.25) is 0 Å². The van der Waals surface area contributed by atoms with Crippen molar-refractivity contribution in [1.82, 2.24) is 0 Å². The van der Waals surface area contributed by atoms with Crippen molar-refractivity contribution in [2.24, 2.45) is 0 Å². The topological polar surface area (TPSA) is 20.2 Å². The van der Waals surface area contributed by atoms with Crippen LogP contribution < -0.4 is 4.46 Å². The Morgan fingerprint density at radius 2 is 1.86 bits per heavy atom. The van der Waals surface area contributed by atoms with Crippen molar-refractivity contribution >= 4 is 19.4 Å². The van der Waals surface area contributed by atoms with Crippen molar-refractivity contribution in [3.05, 3.63) is 30.3 Å². The van der Waals surface area contributed by atoms with Gasteiger partial charge in [-0.05, 0) is 0 Å². The van der Waals surface area contributed by atoms with Gasteiger partial charge in [0.25, 0.3) is 0 Å². The van der Waals surface area contributed by atoms with E-state index < -0.39 is 0 Å². The normalized spacial score (nSPS) is 14.0. The van der Waals surface area contributed by atoms with Gasteiger partial charge in [-0.1, -0.05) is 0 Å². The third kappa shape index (κ3) is 4.28. The van der Waals surface area contributed by atoms with Crippen LogP contribution in [0.2, 0.25) is 4.31 Å². The zero-order valence-corrected chi connectivity index (χ0v) is 10.7. The van der Waals surface area contributed by atoms with Crippen LogP contribution in [0, 0.1) is 0 Å². The second kappa shape index (κ2) is 4.97. The molecule has 78 valence electrons. The number of hydrogen-bond acceptors (Lipinski definition) is 1. The summed E-state index contributed by atoms with van der Waals surface area (Å²) in [5, 5.41) is 9.38. The van der Waals surface area contributed by atoms with E-state index in [-0.39, 0.29) is 10.4 Å². The van der Waals surface area contributed by atoms with Crippen molar-refractivity contribution in [2.75, 3.05) is 0 Å². The van der Waals surface area contributed by atoms with Crippen LogP contribution in [-0.4, -0.2) is 26.2 Å². The first-order valence-corrected chi connectivity index (χ1v) is 6.63. The summed E-state index contributed by atoms with van der Waals surface area (Å²) in [6.45, 7) is 6.32. The first-order chi connectivity index (χ1) is 6.49. The van der Waals surface area contributed by atoms with E-state index in [4.69, 9.17) is 0 Å². The van der Waals surface area contributed by atoms with E-state index in [1.807, 2.05) is 13.0 Å². The minimum atomic E-state index is -0.199. The molecule has 0 saturated carbocycles. The molecule has 14 heavy (non-hydrogen) atoms. The van der Waals surface area contributed by atoms with Gasteiger partial charge in [-0.3, -0.25) is 0 Å². The summed E-state index contributed by atoms with van der Waals surface area (Å²) >= 11 is 0.436. The fraction of sp³-hybridized carbons (Fsp3) is 0.500. The number of benzene rings is 1. The summed E-state index contributed by atoms with van der Waals surface area (Å²) < 4.78 is 1.65. The van der Waals surface area contributed by atoms with E-state index >= 15 is 0 Å². The van der Waals surface area contributed by atoms with Gasteiger partial charge in [0.1, 0.15) is 0 Å². The fourth-order valence-corrected chi connectivity index (χ4v) is 4.20. The van der Waals surface area contributed by atoms with Gasteiger partial charge in [0.05, 0.1) is 0 Å². The molecule has 0 aromatic heterocycles. The molecule has 0 radical (unpaired) electrons. The molecule has 0 saturated heterocycles. The van der Waals surface area contributed by atoms with Crippen molar-refractivity contribution in [3.63, 3.8) is 0 Å². The summed E-state index contributed by atoms with van der Waals surface area (Å²) in [6, 6.07) is 10.5. The van der Waals surface area contributed by atoms with Crippen LogP contribution in [0.4, 0.5) is 0 Å². The molecule has 0 aliphatic carbocycles.